The van der Waals surface area contributed by atoms with Crippen molar-refractivity contribution in [3.8, 4) is 29.5 Å². The second-order valence-electron chi connectivity index (χ2n) is 10.1. The normalized spacial score (nSPS) is 19.9. The van der Waals surface area contributed by atoms with Crippen molar-refractivity contribution in [1.82, 2.24) is 15.1 Å². The highest BCUT2D eigenvalue weighted by Gasteiger charge is 2.35. The van der Waals surface area contributed by atoms with Crippen LogP contribution in [-0.4, -0.2) is 87.1 Å². The summed E-state index contributed by atoms with van der Waals surface area (Å²) in [5.41, 5.74) is 1.68. The van der Waals surface area contributed by atoms with Crippen molar-refractivity contribution in [2.24, 2.45) is 16.8 Å². The number of rotatable bonds is 10. The van der Waals surface area contributed by atoms with Gasteiger partial charge in [0.25, 0.3) is 0 Å². The minimum atomic E-state index is -0.607. The number of hydrogen-bond acceptors (Lipinski definition) is 8. The van der Waals surface area contributed by atoms with Crippen molar-refractivity contribution in [3.05, 3.63) is 53.6 Å². The Bertz CT molecular complexity index is 1190. The average molecular weight is 533 g/mol. The van der Waals surface area contributed by atoms with Crippen LogP contribution in [0.25, 0.3) is 0 Å². The maximum absolute atomic E-state index is 10.6. The predicted molar refractivity (Wildman–Crippen MR) is 147 cm³/mol. The minimum Gasteiger partial charge on any atom is -0.493 e. The molecule has 2 aliphatic heterocycles. The number of ether oxygens (including phenoxy) is 3. The zero-order valence-electron chi connectivity index (χ0n) is 22.5. The van der Waals surface area contributed by atoms with Crippen molar-refractivity contribution < 1.29 is 19.3 Å². The standard InChI is InChI=1S/C29H36N6O4/c1-37-27-8-5-21(12-28(27)38-2)9-10-32-29(33-20-31)35-16-23-11-24(17-35)15-34(14-23)18-25(36)19-39-26-6-3-22(13-30)4-7-26/h3-8,12,23-25,36H,9-11,14-19H2,1-2H3,(H,32,33). The number of aliphatic imine (C=N–C) groups is 1. The lowest BCUT2D eigenvalue weighted by Crippen LogP contribution is -2.57. The molecule has 0 radical (unpaired) electrons. The van der Waals surface area contributed by atoms with E-state index in [9.17, 15) is 10.4 Å². The molecule has 0 saturated carbocycles. The van der Waals surface area contributed by atoms with Gasteiger partial charge in [0, 0.05) is 39.3 Å². The van der Waals surface area contributed by atoms with E-state index in [1.165, 1.54) is 0 Å². The summed E-state index contributed by atoms with van der Waals surface area (Å²) < 4.78 is 16.4. The van der Waals surface area contributed by atoms with E-state index in [1.54, 1.807) is 38.5 Å². The molecule has 2 aromatic rings. The van der Waals surface area contributed by atoms with Gasteiger partial charge in [0.15, 0.2) is 11.5 Å². The molecule has 0 aromatic heterocycles. The molecule has 0 spiro atoms. The first-order chi connectivity index (χ1) is 19.0. The molecule has 2 aliphatic rings. The van der Waals surface area contributed by atoms with Gasteiger partial charge in [-0.05, 0) is 66.6 Å². The number of aliphatic hydroxyl groups is 1. The maximum atomic E-state index is 10.6. The topological polar surface area (TPSA) is 126 Å². The largest absolute Gasteiger partial charge is 0.493 e. The van der Waals surface area contributed by atoms with Crippen LogP contribution < -0.4 is 19.5 Å². The second kappa shape index (κ2) is 13.7. The van der Waals surface area contributed by atoms with E-state index < -0.39 is 6.10 Å². The molecule has 0 amide bonds. The van der Waals surface area contributed by atoms with Gasteiger partial charge in [0.05, 0.1) is 25.9 Å². The summed E-state index contributed by atoms with van der Waals surface area (Å²) in [4.78, 5) is 8.61. The molecule has 206 valence electrons. The fourth-order valence-electron chi connectivity index (χ4n) is 5.50. The molecule has 2 aromatic carbocycles. The molecule has 39 heavy (non-hydrogen) atoms. The van der Waals surface area contributed by atoms with E-state index >= 15 is 0 Å². The Kier molecular flexibility index (Phi) is 9.85. The number of likely N-dealkylation sites (tertiary alicyclic amines) is 2. The van der Waals surface area contributed by atoms with Gasteiger partial charge in [-0.2, -0.15) is 10.5 Å². The first-order valence-corrected chi connectivity index (χ1v) is 13.2. The number of piperidine rings is 2. The number of hydrogen-bond donors (Lipinski definition) is 2. The molecule has 3 atom stereocenters. The number of nitriles is 2. The van der Waals surface area contributed by atoms with Gasteiger partial charge >= 0.3 is 0 Å². The number of β-amino-alcohol motifs (C(OH)–C–C–N with tert-alkyl or cyclic N) is 1. The molecule has 10 heteroatoms. The van der Waals surface area contributed by atoms with Crippen molar-refractivity contribution in [3.63, 3.8) is 0 Å². The summed E-state index contributed by atoms with van der Waals surface area (Å²) >= 11 is 0. The van der Waals surface area contributed by atoms with Crippen molar-refractivity contribution in [2.75, 3.05) is 60.1 Å². The summed E-state index contributed by atoms with van der Waals surface area (Å²) in [5.74, 6) is 3.52. The highest BCUT2D eigenvalue weighted by atomic mass is 16.5. The average Bonchev–Trinajstić information content (AvgIpc) is 2.95. The van der Waals surface area contributed by atoms with Crippen LogP contribution in [0.2, 0.25) is 0 Å². The molecular formula is C29H36N6O4. The maximum Gasteiger partial charge on any atom is 0.209 e. The van der Waals surface area contributed by atoms with Crippen LogP contribution in [0.5, 0.6) is 17.2 Å². The molecule has 2 N–H and O–H groups in total. The molecule has 0 aliphatic carbocycles. The lowest BCUT2D eigenvalue weighted by molar-refractivity contribution is 0.0140. The van der Waals surface area contributed by atoms with E-state index in [0.717, 1.165) is 44.6 Å². The summed E-state index contributed by atoms with van der Waals surface area (Å²) in [6.45, 7) is 4.78. The second-order valence-corrected chi connectivity index (χ2v) is 10.1. The summed E-state index contributed by atoms with van der Waals surface area (Å²) in [6, 6.07) is 14.8. The Morgan fingerprint density at radius 2 is 1.77 bits per heavy atom. The van der Waals surface area contributed by atoms with Gasteiger partial charge in [-0.15, -0.1) is 4.99 Å². The van der Waals surface area contributed by atoms with Crippen LogP contribution in [0, 0.1) is 34.6 Å². The Hall–Kier alpha value is -3.99. The summed E-state index contributed by atoms with van der Waals surface area (Å²) in [6.07, 6.45) is 3.24. The zero-order valence-corrected chi connectivity index (χ0v) is 22.5. The number of guanidine groups is 1. The SMILES string of the molecule is COc1ccc(CCN/C(=N\C#N)N2CC3CC(CN(CC(O)COc4ccc(C#N)cc4)C3)C2)cc1OC. The van der Waals surface area contributed by atoms with E-state index in [0.29, 0.717) is 53.7 Å². The third kappa shape index (κ3) is 7.76. The monoisotopic (exact) mass is 532 g/mol. The lowest BCUT2D eigenvalue weighted by atomic mass is 9.84. The van der Waals surface area contributed by atoms with Crippen LogP contribution in [0.4, 0.5) is 0 Å². The number of methoxy groups -OCH3 is 2. The van der Waals surface area contributed by atoms with Crippen LogP contribution in [0.15, 0.2) is 47.5 Å². The van der Waals surface area contributed by atoms with Gasteiger partial charge in [0.2, 0.25) is 12.2 Å². The number of nitrogens with one attached hydrogen (secondary N) is 1. The molecule has 2 bridgehead atoms. The van der Waals surface area contributed by atoms with E-state index in [2.05, 4.69) is 26.2 Å². The smallest absolute Gasteiger partial charge is 0.209 e. The third-order valence-electron chi connectivity index (χ3n) is 7.15. The summed E-state index contributed by atoms with van der Waals surface area (Å²) in [7, 11) is 3.24. The van der Waals surface area contributed by atoms with Gasteiger partial charge < -0.3 is 29.5 Å². The quantitative estimate of drug-likeness (QED) is 0.269. The fraction of sp³-hybridized carbons (Fsp3) is 0.483. The predicted octanol–water partition coefficient (Wildman–Crippen LogP) is 2.24. The highest BCUT2D eigenvalue weighted by Crippen LogP contribution is 2.29. The molecule has 3 unspecified atom stereocenters. The number of fused-ring (bicyclic) bond motifs is 2. The van der Waals surface area contributed by atoms with Crippen molar-refractivity contribution in [1.29, 1.82) is 10.5 Å². The van der Waals surface area contributed by atoms with Crippen LogP contribution in [-0.2, 0) is 6.42 Å². The first kappa shape index (κ1) is 28.0. The zero-order chi connectivity index (χ0) is 27.6. The van der Waals surface area contributed by atoms with Crippen molar-refractivity contribution >= 4 is 5.96 Å². The molecule has 2 heterocycles. The first-order valence-electron chi connectivity index (χ1n) is 13.2. The number of nitrogens with zero attached hydrogens (tertiary/aromatic N) is 5. The minimum absolute atomic E-state index is 0.201. The van der Waals surface area contributed by atoms with Gasteiger partial charge in [-0.1, -0.05) is 6.07 Å². The van der Waals surface area contributed by atoms with E-state index in [4.69, 9.17) is 19.5 Å². The number of aliphatic hydroxyl groups excluding tert-OH is 1. The Balaban J connectivity index is 1.25. The summed E-state index contributed by atoms with van der Waals surface area (Å²) in [5, 5.41) is 32.2. The number of benzene rings is 2. The Morgan fingerprint density at radius 1 is 1.05 bits per heavy atom. The molecular weight excluding hydrogens is 496 g/mol. The molecule has 2 saturated heterocycles. The fourth-order valence-corrected chi connectivity index (χ4v) is 5.50. The lowest BCUT2D eigenvalue weighted by Gasteiger charge is -2.46. The molecule has 4 rings (SSSR count). The molecule has 2 fully saturated rings. The van der Waals surface area contributed by atoms with Gasteiger partial charge in [-0.25, -0.2) is 0 Å². The van der Waals surface area contributed by atoms with E-state index in [1.807, 2.05) is 24.4 Å². The third-order valence-corrected chi connectivity index (χ3v) is 7.15. The van der Waals surface area contributed by atoms with Gasteiger partial charge in [0.1, 0.15) is 18.5 Å². The highest BCUT2D eigenvalue weighted by molar-refractivity contribution is 5.81. The van der Waals surface area contributed by atoms with Crippen LogP contribution >= 0.6 is 0 Å². The Morgan fingerprint density at radius 3 is 2.41 bits per heavy atom. The van der Waals surface area contributed by atoms with E-state index in [-0.39, 0.29) is 6.61 Å². The Labute approximate surface area is 230 Å². The van der Waals surface area contributed by atoms with Gasteiger partial charge in [-0.3, -0.25) is 4.90 Å². The van der Waals surface area contributed by atoms with Crippen molar-refractivity contribution in [2.45, 2.75) is 18.9 Å². The molecule has 10 nitrogen and oxygen atoms in total. The van der Waals surface area contributed by atoms with Crippen LogP contribution in [0.3, 0.4) is 0 Å². The van der Waals surface area contributed by atoms with Crippen LogP contribution in [0.1, 0.15) is 17.5 Å².